The molecule has 2 aromatic rings. The standard InChI is InChI=1S/C10H11BrN4O2S/c1-15-10(12-7-13-15)6-14-18(16,17)9-5-3-2-4-8(9)11/h2-5,7,14H,6H2,1H3. The summed E-state index contributed by atoms with van der Waals surface area (Å²) in [5.41, 5.74) is 0. The lowest BCUT2D eigenvalue weighted by Crippen LogP contribution is -2.25. The molecule has 18 heavy (non-hydrogen) atoms. The Morgan fingerprint density at radius 2 is 2.11 bits per heavy atom. The number of aryl methyl sites for hydroxylation is 1. The highest BCUT2D eigenvalue weighted by atomic mass is 79.9. The van der Waals surface area contributed by atoms with Gasteiger partial charge in [0.25, 0.3) is 0 Å². The normalized spacial score (nSPS) is 11.7. The predicted octanol–water partition coefficient (Wildman–Crippen LogP) is 1.06. The Bertz CT molecular complexity index is 653. The van der Waals surface area contributed by atoms with Crippen molar-refractivity contribution in [3.8, 4) is 0 Å². The number of hydrogen-bond donors (Lipinski definition) is 1. The zero-order valence-electron chi connectivity index (χ0n) is 9.54. The van der Waals surface area contributed by atoms with Crippen LogP contribution in [0.4, 0.5) is 0 Å². The van der Waals surface area contributed by atoms with Crippen LogP contribution in [0.25, 0.3) is 0 Å². The SMILES string of the molecule is Cn1ncnc1CNS(=O)(=O)c1ccccc1Br. The van der Waals surface area contributed by atoms with E-state index in [9.17, 15) is 8.42 Å². The Balaban J connectivity index is 2.19. The van der Waals surface area contributed by atoms with Crippen molar-refractivity contribution < 1.29 is 8.42 Å². The predicted molar refractivity (Wildman–Crippen MR) is 69.2 cm³/mol. The summed E-state index contributed by atoms with van der Waals surface area (Å²) in [5.74, 6) is 0.547. The van der Waals surface area contributed by atoms with Gasteiger partial charge < -0.3 is 0 Å². The van der Waals surface area contributed by atoms with Gasteiger partial charge in [0, 0.05) is 11.5 Å². The molecule has 8 heteroatoms. The van der Waals surface area contributed by atoms with E-state index in [1.807, 2.05) is 0 Å². The summed E-state index contributed by atoms with van der Waals surface area (Å²) in [7, 11) is -1.86. The van der Waals surface area contributed by atoms with E-state index < -0.39 is 10.0 Å². The van der Waals surface area contributed by atoms with Crippen LogP contribution in [0.15, 0.2) is 40.0 Å². The number of sulfonamides is 1. The second kappa shape index (κ2) is 5.17. The molecule has 0 aliphatic heterocycles. The number of hydrogen-bond acceptors (Lipinski definition) is 4. The van der Waals surface area contributed by atoms with Crippen LogP contribution in [-0.4, -0.2) is 23.2 Å². The third-order valence-electron chi connectivity index (χ3n) is 2.35. The Hall–Kier alpha value is -1.25. The summed E-state index contributed by atoms with van der Waals surface area (Å²) < 4.78 is 28.6. The van der Waals surface area contributed by atoms with Crippen LogP contribution in [0.1, 0.15) is 5.82 Å². The van der Waals surface area contributed by atoms with Crippen LogP contribution in [0.3, 0.4) is 0 Å². The Kier molecular flexibility index (Phi) is 3.79. The van der Waals surface area contributed by atoms with Crippen molar-refractivity contribution in [1.29, 1.82) is 0 Å². The highest BCUT2D eigenvalue weighted by Gasteiger charge is 2.17. The summed E-state index contributed by atoms with van der Waals surface area (Å²) in [6.07, 6.45) is 1.38. The van der Waals surface area contributed by atoms with Gasteiger partial charge in [0.15, 0.2) is 0 Å². The minimum atomic E-state index is -3.56. The number of halogens is 1. The molecule has 0 aliphatic rings. The molecule has 1 aromatic heterocycles. The van der Waals surface area contributed by atoms with Gasteiger partial charge in [0.2, 0.25) is 10.0 Å². The van der Waals surface area contributed by atoms with Crippen LogP contribution in [0.2, 0.25) is 0 Å². The van der Waals surface area contributed by atoms with Crippen molar-refractivity contribution in [2.24, 2.45) is 7.05 Å². The van der Waals surface area contributed by atoms with E-state index in [1.165, 1.54) is 17.1 Å². The summed E-state index contributed by atoms with van der Waals surface area (Å²) in [5, 5.41) is 3.87. The van der Waals surface area contributed by atoms with E-state index in [4.69, 9.17) is 0 Å². The maximum Gasteiger partial charge on any atom is 0.242 e. The maximum atomic E-state index is 12.1. The minimum Gasteiger partial charge on any atom is -0.252 e. The molecule has 0 saturated carbocycles. The Morgan fingerprint density at radius 3 is 2.72 bits per heavy atom. The van der Waals surface area contributed by atoms with Crippen molar-refractivity contribution in [3.63, 3.8) is 0 Å². The van der Waals surface area contributed by atoms with Crippen LogP contribution in [0.5, 0.6) is 0 Å². The smallest absolute Gasteiger partial charge is 0.242 e. The second-order valence-corrected chi connectivity index (χ2v) is 6.14. The fraction of sp³-hybridized carbons (Fsp3) is 0.200. The molecule has 6 nitrogen and oxygen atoms in total. The van der Waals surface area contributed by atoms with Gasteiger partial charge in [-0.15, -0.1) is 0 Å². The zero-order valence-corrected chi connectivity index (χ0v) is 11.9. The average molecular weight is 331 g/mol. The number of nitrogens with zero attached hydrogens (tertiary/aromatic N) is 3. The fourth-order valence-electron chi connectivity index (χ4n) is 1.38. The van der Waals surface area contributed by atoms with Crippen LogP contribution < -0.4 is 4.72 Å². The van der Waals surface area contributed by atoms with Crippen molar-refractivity contribution >= 4 is 26.0 Å². The van der Waals surface area contributed by atoms with Gasteiger partial charge in [0.1, 0.15) is 12.2 Å². The zero-order chi connectivity index (χ0) is 13.2. The van der Waals surface area contributed by atoms with Crippen molar-refractivity contribution in [2.75, 3.05) is 0 Å². The molecule has 0 radical (unpaired) electrons. The number of rotatable bonds is 4. The lowest BCUT2D eigenvalue weighted by Gasteiger charge is -2.07. The lowest BCUT2D eigenvalue weighted by atomic mass is 10.4. The number of benzene rings is 1. The van der Waals surface area contributed by atoms with E-state index in [0.29, 0.717) is 10.3 Å². The molecule has 0 saturated heterocycles. The van der Waals surface area contributed by atoms with Crippen LogP contribution in [0, 0.1) is 0 Å². The van der Waals surface area contributed by atoms with Gasteiger partial charge in [0.05, 0.1) is 11.4 Å². The van der Waals surface area contributed by atoms with Crippen molar-refractivity contribution in [2.45, 2.75) is 11.4 Å². The van der Waals surface area contributed by atoms with Crippen LogP contribution in [-0.2, 0) is 23.6 Å². The van der Waals surface area contributed by atoms with E-state index in [0.717, 1.165) is 0 Å². The first-order valence-electron chi connectivity index (χ1n) is 5.08. The maximum absolute atomic E-state index is 12.1. The molecule has 2 rings (SSSR count). The first-order chi connectivity index (χ1) is 8.50. The molecule has 1 N–H and O–H groups in total. The van der Waals surface area contributed by atoms with Crippen LogP contribution >= 0.6 is 15.9 Å². The number of aromatic nitrogens is 3. The molecule has 1 aromatic carbocycles. The average Bonchev–Trinajstić information content (AvgIpc) is 2.73. The third kappa shape index (κ3) is 2.77. The van der Waals surface area contributed by atoms with Crippen molar-refractivity contribution in [1.82, 2.24) is 19.5 Å². The molecule has 1 heterocycles. The molecule has 0 atom stereocenters. The Labute approximate surface area is 113 Å². The highest BCUT2D eigenvalue weighted by molar-refractivity contribution is 9.10. The Morgan fingerprint density at radius 1 is 1.39 bits per heavy atom. The molecule has 0 aliphatic carbocycles. The highest BCUT2D eigenvalue weighted by Crippen LogP contribution is 2.20. The van der Waals surface area contributed by atoms with Gasteiger partial charge in [-0.05, 0) is 28.1 Å². The second-order valence-electron chi connectivity index (χ2n) is 3.55. The van der Waals surface area contributed by atoms with Gasteiger partial charge >= 0.3 is 0 Å². The van der Waals surface area contributed by atoms with Gasteiger partial charge in [-0.1, -0.05) is 12.1 Å². The fourth-order valence-corrected chi connectivity index (χ4v) is 3.36. The van der Waals surface area contributed by atoms with E-state index in [2.05, 4.69) is 30.7 Å². The van der Waals surface area contributed by atoms with E-state index in [1.54, 1.807) is 25.2 Å². The quantitative estimate of drug-likeness (QED) is 0.909. The summed E-state index contributed by atoms with van der Waals surface area (Å²) in [6, 6.07) is 6.63. The van der Waals surface area contributed by atoms with Crippen molar-refractivity contribution in [3.05, 3.63) is 40.9 Å². The van der Waals surface area contributed by atoms with Gasteiger partial charge in [-0.25, -0.2) is 18.1 Å². The molecule has 96 valence electrons. The molecule has 0 unspecified atom stereocenters. The number of nitrogens with one attached hydrogen (secondary N) is 1. The monoisotopic (exact) mass is 330 g/mol. The molecular weight excluding hydrogens is 320 g/mol. The summed E-state index contributed by atoms with van der Waals surface area (Å²) in [6.45, 7) is 0.0974. The molecule has 0 bridgehead atoms. The third-order valence-corrected chi connectivity index (χ3v) is 4.76. The first-order valence-corrected chi connectivity index (χ1v) is 7.35. The topological polar surface area (TPSA) is 76.9 Å². The molecular formula is C10H11BrN4O2S. The largest absolute Gasteiger partial charge is 0.252 e. The van der Waals surface area contributed by atoms with Gasteiger partial charge in [-0.2, -0.15) is 5.10 Å². The van der Waals surface area contributed by atoms with E-state index in [-0.39, 0.29) is 11.4 Å². The first kappa shape index (κ1) is 13.2. The lowest BCUT2D eigenvalue weighted by molar-refractivity contribution is 0.575. The minimum absolute atomic E-state index is 0.0974. The summed E-state index contributed by atoms with van der Waals surface area (Å²) in [4.78, 5) is 4.15. The molecule has 0 amide bonds. The van der Waals surface area contributed by atoms with E-state index >= 15 is 0 Å². The molecule has 0 spiro atoms. The van der Waals surface area contributed by atoms with Gasteiger partial charge in [-0.3, -0.25) is 4.68 Å². The summed E-state index contributed by atoms with van der Waals surface area (Å²) >= 11 is 3.21. The molecule has 0 fully saturated rings.